The molecule has 5 rings (SSSR count). The summed E-state index contributed by atoms with van der Waals surface area (Å²) in [5.74, 6) is 1.40. The lowest BCUT2D eigenvalue weighted by Crippen LogP contribution is -2.41. The Hall–Kier alpha value is -2.15. The Morgan fingerprint density at radius 3 is 2.47 bits per heavy atom. The van der Waals surface area contributed by atoms with Crippen molar-refractivity contribution in [2.24, 2.45) is 0 Å². The summed E-state index contributed by atoms with van der Waals surface area (Å²) in [4.78, 5) is 8.13. The van der Waals surface area contributed by atoms with Crippen molar-refractivity contribution in [3.05, 3.63) is 48.4 Å². The van der Waals surface area contributed by atoms with Crippen molar-refractivity contribution in [2.45, 2.75) is 57.7 Å². The van der Waals surface area contributed by atoms with Crippen LogP contribution >= 0.6 is 0 Å². The summed E-state index contributed by atoms with van der Waals surface area (Å²) < 4.78 is 18.0. The minimum absolute atomic E-state index is 0.335. The van der Waals surface area contributed by atoms with Crippen LogP contribution in [0.1, 0.15) is 52.3 Å². The second-order valence-corrected chi connectivity index (χ2v) is 9.51. The molecule has 30 heavy (non-hydrogen) atoms. The van der Waals surface area contributed by atoms with Gasteiger partial charge in [-0.2, -0.15) is 0 Å². The molecule has 3 aromatic rings. The van der Waals surface area contributed by atoms with Crippen LogP contribution in [0.25, 0.3) is 22.0 Å². The molecule has 2 aliphatic rings. The van der Waals surface area contributed by atoms with E-state index in [4.69, 9.17) is 14.0 Å². The summed E-state index contributed by atoms with van der Waals surface area (Å²) in [5.41, 5.74) is 2.57. The summed E-state index contributed by atoms with van der Waals surface area (Å²) in [6.07, 6.45) is 4.16. The summed E-state index contributed by atoms with van der Waals surface area (Å²) in [5, 5.41) is 2.36. The fourth-order valence-corrected chi connectivity index (χ4v) is 4.20. The van der Waals surface area contributed by atoms with Gasteiger partial charge in [0.05, 0.1) is 29.7 Å². The number of ether oxygens (including phenoxy) is 1. The zero-order valence-electron chi connectivity index (χ0n) is 18.2. The second-order valence-electron chi connectivity index (χ2n) is 9.51. The molecule has 1 aromatic heterocycles. The highest BCUT2D eigenvalue weighted by atomic mass is 16.7. The molecule has 2 aliphatic heterocycles. The van der Waals surface area contributed by atoms with E-state index in [0.717, 1.165) is 48.6 Å². The third kappa shape index (κ3) is 3.47. The third-order valence-electron chi connectivity index (χ3n) is 6.84. The number of hydrogen-bond acceptors (Lipinski definition) is 4. The van der Waals surface area contributed by atoms with E-state index in [1.54, 1.807) is 0 Å². The number of benzene rings is 2. The van der Waals surface area contributed by atoms with E-state index >= 15 is 0 Å². The van der Waals surface area contributed by atoms with Crippen LogP contribution < -0.4 is 5.46 Å². The standard InChI is InChI=1S/C24H29BN2O3/c1-23(2)24(3,4)30-25(29-23)20-10-9-16-12-18(8-7-17(16)13-20)21-14-26-22(27-21)19-6-5-11-28-15-19/h7-10,12-14,19H,5-6,11,15H2,1-4H3,(H,26,27). The Labute approximate surface area is 178 Å². The van der Waals surface area contributed by atoms with Gasteiger partial charge in [-0.15, -0.1) is 0 Å². The average molecular weight is 404 g/mol. The number of aromatic nitrogens is 2. The number of nitrogens with one attached hydrogen (secondary N) is 1. The van der Waals surface area contributed by atoms with Gasteiger partial charge in [-0.25, -0.2) is 4.98 Å². The maximum atomic E-state index is 6.21. The van der Waals surface area contributed by atoms with Gasteiger partial charge in [0.2, 0.25) is 0 Å². The van der Waals surface area contributed by atoms with Gasteiger partial charge >= 0.3 is 7.12 Å². The molecular weight excluding hydrogens is 375 g/mol. The van der Waals surface area contributed by atoms with E-state index in [9.17, 15) is 0 Å². The number of hydrogen-bond donors (Lipinski definition) is 1. The Morgan fingerprint density at radius 1 is 1.00 bits per heavy atom. The van der Waals surface area contributed by atoms with E-state index in [1.165, 1.54) is 10.8 Å². The molecule has 0 amide bonds. The smallest absolute Gasteiger partial charge is 0.399 e. The lowest BCUT2D eigenvalue weighted by Gasteiger charge is -2.32. The maximum Gasteiger partial charge on any atom is 0.494 e. The van der Waals surface area contributed by atoms with Gasteiger partial charge in [-0.1, -0.05) is 30.3 Å². The van der Waals surface area contributed by atoms with E-state index < -0.39 is 0 Å². The molecule has 0 radical (unpaired) electrons. The Balaban J connectivity index is 1.40. The summed E-state index contributed by atoms with van der Waals surface area (Å²) in [6.45, 7) is 9.95. The zero-order valence-corrected chi connectivity index (χ0v) is 18.2. The summed E-state index contributed by atoms with van der Waals surface area (Å²) >= 11 is 0. The molecule has 2 aromatic carbocycles. The predicted octanol–water partition coefficient (Wildman–Crippen LogP) is 4.42. The van der Waals surface area contributed by atoms with Crippen LogP contribution in [-0.2, 0) is 14.0 Å². The highest BCUT2D eigenvalue weighted by Gasteiger charge is 2.51. The topological polar surface area (TPSA) is 56.4 Å². The van der Waals surface area contributed by atoms with Crippen LogP contribution in [0.2, 0.25) is 0 Å². The van der Waals surface area contributed by atoms with Crippen LogP contribution in [0.3, 0.4) is 0 Å². The SMILES string of the molecule is CC1(C)OB(c2ccc3cc(-c4cnc(C5CCCOC5)[nH]4)ccc3c2)OC1(C)C. The van der Waals surface area contributed by atoms with Gasteiger partial charge in [0.1, 0.15) is 5.82 Å². The molecule has 0 saturated carbocycles. The second kappa shape index (κ2) is 7.22. The normalized spacial score (nSPS) is 23.2. The van der Waals surface area contributed by atoms with Crippen molar-refractivity contribution in [3.63, 3.8) is 0 Å². The zero-order chi connectivity index (χ0) is 20.9. The van der Waals surface area contributed by atoms with E-state index in [0.29, 0.717) is 5.92 Å². The quantitative estimate of drug-likeness (QED) is 0.657. The van der Waals surface area contributed by atoms with Gasteiger partial charge in [-0.3, -0.25) is 0 Å². The molecule has 3 heterocycles. The first kappa shape index (κ1) is 19.8. The van der Waals surface area contributed by atoms with Gasteiger partial charge in [0.25, 0.3) is 0 Å². The minimum atomic E-state index is -0.341. The van der Waals surface area contributed by atoms with Crippen molar-refractivity contribution in [3.8, 4) is 11.3 Å². The molecule has 156 valence electrons. The molecule has 5 nitrogen and oxygen atoms in total. The van der Waals surface area contributed by atoms with Crippen LogP contribution in [0.15, 0.2) is 42.6 Å². The fourth-order valence-electron chi connectivity index (χ4n) is 4.20. The number of fused-ring (bicyclic) bond motifs is 1. The van der Waals surface area contributed by atoms with Crippen LogP contribution in [0.5, 0.6) is 0 Å². The van der Waals surface area contributed by atoms with Crippen molar-refractivity contribution in [2.75, 3.05) is 13.2 Å². The number of rotatable bonds is 3. The number of aromatic amines is 1. The van der Waals surface area contributed by atoms with Gasteiger partial charge in [0.15, 0.2) is 0 Å². The van der Waals surface area contributed by atoms with Gasteiger partial charge < -0.3 is 19.0 Å². The first-order valence-electron chi connectivity index (χ1n) is 10.8. The van der Waals surface area contributed by atoms with Crippen LogP contribution in [0, 0.1) is 0 Å². The van der Waals surface area contributed by atoms with Gasteiger partial charge in [0, 0.05) is 18.1 Å². The van der Waals surface area contributed by atoms with E-state index in [1.807, 2.05) is 6.20 Å². The van der Waals surface area contributed by atoms with Crippen molar-refractivity contribution in [1.82, 2.24) is 9.97 Å². The molecule has 1 N–H and O–H groups in total. The highest BCUT2D eigenvalue weighted by molar-refractivity contribution is 6.62. The van der Waals surface area contributed by atoms with Crippen molar-refractivity contribution >= 4 is 23.4 Å². The number of imidazole rings is 1. The number of nitrogens with zero attached hydrogens (tertiary/aromatic N) is 1. The maximum absolute atomic E-state index is 6.21. The lowest BCUT2D eigenvalue weighted by molar-refractivity contribution is 0.00578. The monoisotopic (exact) mass is 404 g/mol. The summed E-state index contributed by atoms with van der Waals surface area (Å²) in [7, 11) is -0.341. The Kier molecular flexibility index (Phi) is 4.77. The molecule has 1 unspecified atom stereocenters. The highest BCUT2D eigenvalue weighted by Crippen LogP contribution is 2.36. The van der Waals surface area contributed by atoms with Crippen molar-refractivity contribution in [1.29, 1.82) is 0 Å². The molecule has 2 fully saturated rings. The molecule has 2 saturated heterocycles. The molecular formula is C24H29BN2O3. The molecule has 1 atom stereocenters. The molecule has 0 bridgehead atoms. The van der Waals surface area contributed by atoms with E-state index in [2.05, 4.69) is 74.1 Å². The Morgan fingerprint density at radius 2 is 1.73 bits per heavy atom. The molecule has 6 heteroatoms. The molecule has 0 spiro atoms. The van der Waals surface area contributed by atoms with Crippen LogP contribution in [0.4, 0.5) is 0 Å². The van der Waals surface area contributed by atoms with E-state index in [-0.39, 0.29) is 18.3 Å². The van der Waals surface area contributed by atoms with Crippen molar-refractivity contribution < 1.29 is 14.0 Å². The molecule has 0 aliphatic carbocycles. The predicted molar refractivity (Wildman–Crippen MR) is 120 cm³/mol. The summed E-state index contributed by atoms with van der Waals surface area (Å²) in [6, 6.07) is 12.9. The lowest BCUT2D eigenvalue weighted by atomic mass is 9.78. The average Bonchev–Trinajstić information content (AvgIpc) is 3.30. The minimum Gasteiger partial charge on any atom is -0.399 e. The largest absolute Gasteiger partial charge is 0.494 e. The fraction of sp³-hybridized carbons (Fsp3) is 0.458. The third-order valence-corrected chi connectivity index (χ3v) is 6.84. The van der Waals surface area contributed by atoms with Gasteiger partial charge in [-0.05, 0) is 62.8 Å². The number of H-pyrrole nitrogens is 1. The first-order chi connectivity index (χ1) is 14.3. The van der Waals surface area contributed by atoms with Crippen LogP contribution in [-0.4, -0.2) is 41.5 Å². The first-order valence-corrected chi connectivity index (χ1v) is 10.8. The Bertz CT molecular complexity index is 1050.